The van der Waals surface area contributed by atoms with E-state index in [1.165, 1.54) is 33.4 Å². The highest BCUT2D eigenvalue weighted by Gasteiger charge is 2.21. The quantitative estimate of drug-likeness (QED) is 0.635. The van der Waals surface area contributed by atoms with E-state index >= 15 is 0 Å². The Balaban J connectivity index is 2.23. The summed E-state index contributed by atoms with van der Waals surface area (Å²) >= 11 is 8.84. The highest BCUT2D eigenvalue weighted by Crippen LogP contribution is 2.40. The van der Waals surface area contributed by atoms with Gasteiger partial charge in [-0.05, 0) is 39.8 Å². The average Bonchev–Trinajstić information content (AvgIpc) is 2.77. The van der Waals surface area contributed by atoms with Crippen LogP contribution < -0.4 is 0 Å². The average molecular weight is 258 g/mol. The van der Waals surface area contributed by atoms with Gasteiger partial charge in [0.25, 0.3) is 0 Å². The number of hydrogen-bond donors (Lipinski definition) is 2. The van der Waals surface area contributed by atoms with Crippen molar-refractivity contribution < 1.29 is 0 Å². The van der Waals surface area contributed by atoms with E-state index in [2.05, 4.69) is 61.7 Å². The van der Waals surface area contributed by atoms with Gasteiger partial charge in [-0.1, -0.05) is 36.4 Å². The fourth-order valence-electron chi connectivity index (χ4n) is 2.66. The van der Waals surface area contributed by atoms with E-state index in [9.17, 15) is 0 Å². The van der Waals surface area contributed by atoms with Crippen molar-refractivity contribution in [1.29, 1.82) is 0 Å². The summed E-state index contributed by atoms with van der Waals surface area (Å²) in [5, 5.41) is 0. The van der Waals surface area contributed by atoms with Crippen molar-refractivity contribution in [2.45, 2.75) is 17.9 Å². The molecule has 2 heteroatoms. The van der Waals surface area contributed by atoms with Crippen molar-refractivity contribution >= 4 is 25.3 Å². The van der Waals surface area contributed by atoms with Crippen molar-refractivity contribution in [2.75, 3.05) is 0 Å². The Morgan fingerprint density at radius 2 is 1.24 bits per heavy atom. The summed E-state index contributed by atoms with van der Waals surface area (Å²) in [5.41, 5.74) is 8.38. The minimum Gasteiger partial charge on any atom is -0.175 e. The molecule has 1 aliphatic carbocycles. The molecule has 0 unspecified atom stereocenters. The minimum atomic E-state index is 0.813. The molecule has 0 saturated carbocycles. The summed E-state index contributed by atoms with van der Waals surface area (Å²) in [7, 11) is 0. The zero-order chi connectivity index (χ0) is 11.8. The first-order valence-electron chi connectivity index (χ1n) is 5.78. The van der Waals surface area contributed by atoms with Crippen LogP contribution in [0.3, 0.4) is 0 Å². The van der Waals surface area contributed by atoms with Crippen LogP contribution in [0.25, 0.3) is 11.1 Å². The SMILES string of the molecule is SCc1cccc2c1Cc1c(CS)cccc1-2. The molecule has 0 spiro atoms. The van der Waals surface area contributed by atoms with Gasteiger partial charge in [-0.15, -0.1) is 0 Å². The van der Waals surface area contributed by atoms with Crippen LogP contribution in [-0.4, -0.2) is 0 Å². The van der Waals surface area contributed by atoms with Crippen LogP contribution in [0, 0.1) is 0 Å². The minimum absolute atomic E-state index is 0.813. The molecule has 0 saturated heterocycles. The number of rotatable bonds is 2. The van der Waals surface area contributed by atoms with E-state index < -0.39 is 0 Å². The van der Waals surface area contributed by atoms with E-state index in [1.807, 2.05) is 0 Å². The van der Waals surface area contributed by atoms with Crippen LogP contribution in [0.15, 0.2) is 36.4 Å². The van der Waals surface area contributed by atoms with Crippen molar-refractivity contribution in [3.63, 3.8) is 0 Å². The number of thiol groups is 2. The highest BCUT2D eigenvalue weighted by atomic mass is 32.1. The van der Waals surface area contributed by atoms with Gasteiger partial charge in [0.2, 0.25) is 0 Å². The molecule has 0 radical (unpaired) electrons. The Bertz CT molecular complexity index is 522. The van der Waals surface area contributed by atoms with E-state index in [4.69, 9.17) is 0 Å². The molecule has 2 aromatic carbocycles. The highest BCUT2D eigenvalue weighted by molar-refractivity contribution is 7.79. The Morgan fingerprint density at radius 1 is 0.765 bits per heavy atom. The molecular weight excluding hydrogens is 244 g/mol. The lowest BCUT2D eigenvalue weighted by Crippen LogP contribution is -1.91. The molecule has 0 aliphatic heterocycles. The van der Waals surface area contributed by atoms with E-state index in [0.29, 0.717) is 0 Å². The number of benzene rings is 2. The lowest BCUT2D eigenvalue weighted by Gasteiger charge is -2.05. The van der Waals surface area contributed by atoms with Crippen LogP contribution in [0.1, 0.15) is 22.3 Å². The van der Waals surface area contributed by atoms with Gasteiger partial charge in [-0.25, -0.2) is 0 Å². The first kappa shape index (κ1) is 11.2. The molecule has 0 heterocycles. The number of hydrogen-bond acceptors (Lipinski definition) is 2. The van der Waals surface area contributed by atoms with Crippen LogP contribution in [-0.2, 0) is 17.9 Å². The topological polar surface area (TPSA) is 0 Å². The molecule has 0 atom stereocenters. The largest absolute Gasteiger partial charge is 0.175 e. The summed E-state index contributed by atoms with van der Waals surface area (Å²) in [6.45, 7) is 0. The maximum atomic E-state index is 4.42. The molecule has 2 aromatic rings. The summed E-state index contributed by atoms with van der Waals surface area (Å²) in [6.07, 6.45) is 1.04. The second-order valence-corrected chi connectivity index (χ2v) is 5.01. The van der Waals surface area contributed by atoms with Gasteiger partial charge < -0.3 is 0 Å². The van der Waals surface area contributed by atoms with Crippen molar-refractivity contribution in [3.05, 3.63) is 58.7 Å². The third-order valence-electron chi connectivity index (χ3n) is 3.53. The van der Waals surface area contributed by atoms with Gasteiger partial charge in [-0.2, -0.15) is 25.3 Å². The molecule has 0 fully saturated rings. The van der Waals surface area contributed by atoms with Crippen molar-refractivity contribution in [2.24, 2.45) is 0 Å². The maximum Gasteiger partial charge on any atom is 0.0157 e. The zero-order valence-corrected chi connectivity index (χ0v) is 11.3. The normalized spacial score (nSPS) is 12.4. The standard InChI is InChI=1S/C15H14S2/c16-8-10-3-1-5-12-13-6-2-4-11(9-17)15(13)7-14(10)12/h1-6,16-17H,7-9H2. The van der Waals surface area contributed by atoms with Crippen LogP contribution in [0.2, 0.25) is 0 Å². The molecule has 1 aliphatic rings. The Morgan fingerprint density at radius 3 is 1.65 bits per heavy atom. The van der Waals surface area contributed by atoms with Gasteiger partial charge >= 0.3 is 0 Å². The van der Waals surface area contributed by atoms with Gasteiger partial charge in [0.15, 0.2) is 0 Å². The first-order chi connectivity index (χ1) is 8.35. The molecule has 0 amide bonds. The van der Waals surface area contributed by atoms with Crippen molar-refractivity contribution in [1.82, 2.24) is 0 Å². The van der Waals surface area contributed by atoms with Crippen LogP contribution in [0.4, 0.5) is 0 Å². The van der Waals surface area contributed by atoms with E-state index in [0.717, 1.165) is 17.9 Å². The summed E-state index contributed by atoms with van der Waals surface area (Å²) in [4.78, 5) is 0. The zero-order valence-electron chi connectivity index (χ0n) is 9.48. The van der Waals surface area contributed by atoms with Crippen LogP contribution in [0.5, 0.6) is 0 Å². The molecule has 86 valence electrons. The smallest absolute Gasteiger partial charge is 0.0157 e. The summed E-state index contributed by atoms with van der Waals surface area (Å²) < 4.78 is 0. The molecule has 0 N–H and O–H groups in total. The third kappa shape index (κ3) is 1.71. The fraction of sp³-hybridized carbons (Fsp3) is 0.200. The Hall–Kier alpha value is -0.860. The van der Waals surface area contributed by atoms with Gasteiger partial charge in [0.05, 0.1) is 0 Å². The van der Waals surface area contributed by atoms with Gasteiger partial charge in [-0.3, -0.25) is 0 Å². The Kier molecular flexibility index (Phi) is 2.93. The van der Waals surface area contributed by atoms with Crippen LogP contribution >= 0.6 is 25.3 Å². The second kappa shape index (κ2) is 4.43. The molecule has 0 aromatic heterocycles. The molecule has 0 bridgehead atoms. The predicted molar refractivity (Wildman–Crippen MR) is 80.1 cm³/mol. The molecule has 17 heavy (non-hydrogen) atoms. The van der Waals surface area contributed by atoms with E-state index in [-0.39, 0.29) is 0 Å². The lowest BCUT2D eigenvalue weighted by molar-refractivity contribution is 1.17. The monoisotopic (exact) mass is 258 g/mol. The summed E-state index contributed by atoms with van der Waals surface area (Å²) in [5.74, 6) is 1.63. The molecule has 0 nitrogen and oxygen atoms in total. The predicted octanol–water partition coefficient (Wildman–Crippen LogP) is 4.12. The van der Waals surface area contributed by atoms with E-state index in [1.54, 1.807) is 0 Å². The fourth-order valence-corrected chi connectivity index (χ4v) is 3.26. The second-order valence-electron chi connectivity index (χ2n) is 4.38. The van der Waals surface area contributed by atoms with Crippen molar-refractivity contribution in [3.8, 4) is 11.1 Å². The number of fused-ring (bicyclic) bond motifs is 3. The Labute approximate surface area is 113 Å². The lowest BCUT2D eigenvalue weighted by atomic mass is 10.0. The first-order valence-corrected chi connectivity index (χ1v) is 7.05. The van der Waals surface area contributed by atoms with Gasteiger partial charge in [0.1, 0.15) is 0 Å². The third-order valence-corrected chi connectivity index (χ3v) is 4.21. The molecular formula is C15H14S2. The molecule has 3 rings (SSSR count). The summed E-state index contributed by atoms with van der Waals surface area (Å²) in [6, 6.07) is 13.1. The van der Waals surface area contributed by atoms with Gasteiger partial charge in [0, 0.05) is 11.5 Å². The maximum absolute atomic E-state index is 4.42.